The van der Waals surface area contributed by atoms with Crippen LogP contribution in [-0.4, -0.2) is 34.0 Å². The van der Waals surface area contributed by atoms with Crippen LogP contribution >= 0.6 is 23.2 Å². The Morgan fingerprint density at radius 2 is 1.90 bits per heavy atom. The normalized spacial score (nSPS) is 12.2. The van der Waals surface area contributed by atoms with Crippen LogP contribution in [0, 0.1) is 5.92 Å². The van der Waals surface area contributed by atoms with Crippen LogP contribution in [-0.2, 0) is 11.3 Å². The molecule has 1 atom stereocenters. The van der Waals surface area contributed by atoms with Gasteiger partial charge in [0.2, 0.25) is 5.91 Å². The van der Waals surface area contributed by atoms with E-state index in [0.717, 1.165) is 24.0 Å². The largest absolute Gasteiger partial charge is 0.354 e. The summed E-state index contributed by atoms with van der Waals surface area (Å²) in [6.07, 6.45) is 3.08. The summed E-state index contributed by atoms with van der Waals surface area (Å²) in [5.74, 6) is -0.371. The standard InChI is InChI=1S/C23H26Cl2N4O2/c1-15(2)12-20(28-22(30)17-9-8-16(24)13-18(17)25)23(31)26-10-5-11-29-14-27-19-6-3-4-7-21(19)29/h3-4,6-9,13-15,20H,5,10-12H2,1-2H3,(H,26,31)(H,28,30). The van der Waals surface area contributed by atoms with Crippen molar-refractivity contribution in [1.82, 2.24) is 20.2 Å². The lowest BCUT2D eigenvalue weighted by Gasteiger charge is -2.20. The number of hydrogen-bond donors (Lipinski definition) is 2. The second kappa shape index (κ2) is 10.6. The first-order chi connectivity index (χ1) is 14.8. The molecule has 0 saturated heterocycles. The Morgan fingerprint density at radius 3 is 2.65 bits per heavy atom. The fourth-order valence-electron chi connectivity index (χ4n) is 3.39. The molecule has 1 unspecified atom stereocenters. The van der Waals surface area contributed by atoms with E-state index in [2.05, 4.69) is 20.2 Å². The van der Waals surface area contributed by atoms with E-state index in [1.807, 2.05) is 44.4 Å². The Balaban J connectivity index is 1.56. The summed E-state index contributed by atoms with van der Waals surface area (Å²) < 4.78 is 2.07. The van der Waals surface area contributed by atoms with Gasteiger partial charge >= 0.3 is 0 Å². The van der Waals surface area contributed by atoms with Gasteiger partial charge in [-0.05, 0) is 49.1 Å². The molecule has 0 radical (unpaired) electrons. The van der Waals surface area contributed by atoms with Crippen LogP contribution in [0.3, 0.4) is 0 Å². The third-order valence-corrected chi connectivity index (χ3v) is 5.45. The molecule has 1 heterocycles. The minimum absolute atomic E-state index is 0.206. The average Bonchev–Trinajstić information content (AvgIpc) is 3.13. The van der Waals surface area contributed by atoms with Crippen molar-refractivity contribution in [3.05, 3.63) is 64.4 Å². The molecular formula is C23H26Cl2N4O2. The van der Waals surface area contributed by atoms with Gasteiger partial charge in [0, 0.05) is 18.1 Å². The van der Waals surface area contributed by atoms with E-state index >= 15 is 0 Å². The first kappa shape index (κ1) is 23.1. The van der Waals surface area contributed by atoms with Crippen LogP contribution in [0.4, 0.5) is 0 Å². The summed E-state index contributed by atoms with van der Waals surface area (Å²) >= 11 is 12.0. The molecule has 0 aliphatic carbocycles. The Labute approximate surface area is 191 Å². The number of amides is 2. The number of carbonyl (C=O) groups is 2. The number of imidazole rings is 1. The molecule has 2 aromatic carbocycles. The summed E-state index contributed by atoms with van der Waals surface area (Å²) in [5, 5.41) is 6.45. The van der Waals surface area contributed by atoms with Gasteiger partial charge in [-0.25, -0.2) is 4.98 Å². The van der Waals surface area contributed by atoms with E-state index in [4.69, 9.17) is 23.2 Å². The molecule has 3 rings (SSSR count). The van der Waals surface area contributed by atoms with Gasteiger partial charge in [-0.3, -0.25) is 9.59 Å². The van der Waals surface area contributed by atoms with E-state index in [1.165, 1.54) is 6.07 Å². The van der Waals surface area contributed by atoms with Gasteiger partial charge in [-0.1, -0.05) is 49.2 Å². The molecule has 2 amide bonds. The molecule has 0 aliphatic rings. The Hall–Kier alpha value is -2.57. The van der Waals surface area contributed by atoms with Crippen LogP contribution in [0.2, 0.25) is 10.0 Å². The number of aryl methyl sites for hydroxylation is 1. The van der Waals surface area contributed by atoms with Crippen molar-refractivity contribution < 1.29 is 9.59 Å². The van der Waals surface area contributed by atoms with Crippen molar-refractivity contribution in [2.75, 3.05) is 6.54 Å². The number of hydrogen-bond acceptors (Lipinski definition) is 3. The molecule has 1 aromatic heterocycles. The van der Waals surface area contributed by atoms with Crippen molar-refractivity contribution in [3.8, 4) is 0 Å². The lowest BCUT2D eigenvalue weighted by atomic mass is 10.0. The molecular weight excluding hydrogens is 435 g/mol. The van der Waals surface area contributed by atoms with Crippen LogP contribution in [0.25, 0.3) is 11.0 Å². The third-order valence-electron chi connectivity index (χ3n) is 4.91. The minimum atomic E-state index is -0.645. The number of carbonyl (C=O) groups excluding carboxylic acids is 2. The molecule has 2 N–H and O–H groups in total. The van der Waals surface area contributed by atoms with Crippen molar-refractivity contribution in [1.29, 1.82) is 0 Å². The van der Waals surface area contributed by atoms with Crippen molar-refractivity contribution in [2.45, 2.75) is 39.3 Å². The summed E-state index contributed by atoms with van der Waals surface area (Å²) in [7, 11) is 0. The van der Waals surface area contributed by atoms with Gasteiger partial charge in [0.15, 0.2) is 0 Å². The molecule has 0 saturated carbocycles. The molecule has 0 fully saturated rings. The zero-order valence-corrected chi connectivity index (χ0v) is 19.1. The zero-order valence-electron chi connectivity index (χ0n) is 17.6. The molecule has 0 aliphatic heterocycles. The predicted molar refractivity (Wildman–Crippen MR) is 125 cm³/mol. The number of benzene rings is 2. The highest BCUT2D eigenvalue weighted by Gasteiger charge is 2.23. The lowest BCUT2D eigenvalue weighted by Crippen LogP contribution is -2.47. The number of fused-ring (bicyclic) bond motifs is 1. The summed E-state index contributed by atoms with van der Waals surface area (Å²) in [6.45, 7) is 5.25. The fraction of sp³-hybridized carbons (Fsp3) is 0.348. The lowest BCUT2D eigenvalue weighted by molar-refractivity contribution is -0.123. The third kappa shape index (κ3) is 6.21. The summed E-state index contributed by atoms with van der Waals surface area (Å²) in [5.41, 5.74) is 2.31. The Bertz CT molecular complexity index is 1060. The van der Waals surface area contributed by atoms with Crippen LogP contribution in [0.1, 0.15) is 37.0 Å². The molecule has 0 spiro atoms. The Morgan fingerprint density at radius 1 is 1.13 bits per heavy atom. The quantitative estimate of drug-likeness (QED) is 0.454. The number of nitrogens with zero attached hydrogens (tertiary/aromatic N) is 2. The highest BCUT2D eigenvalue weighted by atomic mass is 35.5. The average molecular weight is 461 g/mol. The topological polar surface area (TPSA) is 76.0 Å². The maximum atomic E-state index is 12.8. The molecule has 31 heavy (non-hydrogen) atoms. The van der Waals surface area contributed by atoms with Gasteiger partial charge < -0.3 is 15.2 Å². The number of aromatic nitrogens is 2. The predicted octanol–water partition coefficient (Wildman–Crippen LogP) is 4.69. The number of halogens is 2. The van der Waals surface area contributed by atoms with E-state index in [1.54, 1.807) is 12.1 Å². The number of rotatable bonds is 9. The second-order valence-corrected chi connectivity index (χ2v) is 8.69. The zero-order chi connectivity index (χ0) is 22.4. The summed E-state index contributed by atoms with van der Waals surface area (Å²) in [6, 6.07) is 12.0. The van der Waals surface area contributed by atoms with E-state index in [-0.39, 0.29) is 16.8 Å². The van der Waals surface area contributed by atoms with Crippen LogP contribution in [0.5, 0.6) is 0 Å². The van der Waals surface area contributed by atoms with Gasteiger partial charge in [0.25, 0.3) is 5.91 Å². The Kier molecular flexibility index (Phi) is 7.93. The molecule has 6 nitrogen and oxygen atoms in total. The van der Waals surface area contributed by atoms with Crippen LogP contribution in [0.15, 0.2) is 48.8 Å². The van der Waals surface area contributed by atoms with Crippen molar-refractivity contribution in [3.63, 3.8) is 0 Å². The summed E-state index contributed by atoms with van der Waals surface area (Å²) in [4.78, 5) is 29.8. The van der Waals surface area contributed by atoms with Gasteiger partial charge in [0.1, 0.15) is 6.04 Å². The molecule has 3 aromatic rings. The first-order valence-corrected chi connectivity index (χ1v) is 11.0. The van der Waals surface area contributed by atoms with Gasteiger partial charge in [-0.15, -0.1) is 0 Å². The van der Waals surface area contributed by atoms with E-state index in [0.29, 0.717) is 23.6 Å². The SMILES string of the molecule is CC(C)CC(NC(=O)c1ccc(Cl)cc1Cl)C(=O)NCCCn1cnc2ccccc21. The van der Waals surface area contributed by atoms with Gasteiger partial charge in [-0.2, -0.15) is 0 Å². The maximum Gasteiger partial charge on any atom is 0.253 e. The molecule has 8 heteroatoms. The van der Waals surface area contributed by atoms with Crippen molar-refractivity contribution in [2.24, 2.45) is 5.92 Å². The highest BCUT2D eigenvalue weighted by Crippen LogP contribution is 2.21. The number of nitrogens with one attached hydrogen (secondary N) is 2. The molecule has 0 bridgehead atoms. The molecule has 164 valence electrons. The van der Waals surface area contributed by atoms with Gasteiger partial charge in [0.05, 0.1) is 27.9 Å². The first-order valence-electron chi connectivity index (χ1n) is 10.3. The second-order valence-electron chi connectivity index (χ2n) is 7.85. The fourth-order valence-corrected chi connectivity index (χ4v) is 3.88. The minimum Gasteiger partial charge on any atom is -0.354 e. The number of para-hydroxylation sites is 2. The highest BCUT2D eigenvalue weighted by molar-refractivity contribution is 6.36. The smallest absolute Gasteiger partial charge is 0.253 e. The monoisotopic (exact) mass is 460 g/mol. The van der Waals surface area contributed by atoms with E-state index < -0.39 is 11.9 Å². The van der Waals surface area contributed by atoms with Crippen molar-refractivity contribution >= 4 is 46.0 Å². The maximum absolute atomic E-state index is 12.8. The van der Waals surface area contributed by atoms with Crippen LogP contribution < -0.4 is 10.6 Å². The van der Waals surface area contributed by atoms with E-state index in [9.17, 15) is 9.59 Å².